The Morgan fingerprint density at radius 2 is 1.83 bits per heavy atom. The Balaban J connectivity index is 1.47. The topological polar surface area (TPSA) is 101 Å². The maximum absolute atomic E-state index is 13.6. The Hall–Kier alpha value is -3.06. The first-order valence-electron chi connectivity index (χ1n) is 11.8. The van der Waals surface area contributed by atoms with Crippen LogP contribution in [-0.2, 0) is 6.54 Å². The monoisotopic (exact) mass is 492 g/mol. The first kappa shape index (κ1) is 23.7. The summed E-state index contributed by atoms with van der Waals surface area (Å²) >= 11 is 0. The molecule has 182 valence electrons. The second kappa shape index (κ2) is 10.3. The Morgan fingerprint density at radius 1 is 1.06 bits per heavy atom. The number of pyridine rings is 1. The summed E-state index contributed by atoms with van der Waals surface area (Å²) in [6, 6.07) is 16.1. The predicted molar refractivity (Wildman–Crippen MR) is 139 cm³/mol. The number of rotatable bonds is 7. The average Bonchev–Trinajstić information content (AvgIpc) is 2.88. The van der Waals surface area contributed by atoms with Gasteiger partial charge in [-0.15, -0.1) is 0 Å². The summed E-state index contributed by atoms with van der Waals surface area (Å²) in [4.78, 5) is 39.0. The van der Waals surface area contributed by atoms with Gasteiger partial charge in [-0.05, 0) is 47.6 Å². The van der Waals surface area contributed by atoms with Crippen molar-refractivity contribution in [3.05, 3.63) is 70.6 Å². The van der Waals surface area contributed by atoms with Gasteiger partial charge in [-0.1, -0.05) is 36.4 Å². The van der Waals surface area contributed by atoms with Gasteiger partial charge in [0.15, 0.2) is 8.38 Å². The normalized spacial score (nSPS) is 14.8. The fraction of sp³-hybridized carbons (Fsp3) is 0.346. The minimum Gasteiger partial charge on any atom is -0.481 e. The molecule has 1 aliphatic rings. The lowest BCUT2D eigenvalue weighted by Gasteiger charge is -2.33. The number of hydrogen-bond donors (Lipinski definition) is 2. The lowest BCUT2D eigenvalue weighted by molar-refractivity contribution is 0.381. The van der Waals surface area contributed by atoms with Crippen LogP contribution in [0.4, 0.5) is 5.82 Å². The Kier molecular flexibility index (Phi) is 6.95. The molecular weight excluding hydrogens is 463 g/mol. The molecule has 0 aliphatic carbocycles. The van der Waals surface area contributed by atoms with Crippen molar-refractivity contribution in [2.24, 2.45) is 5.92 Å². The molecule has 8 nitrogen and oxygen atoms in total. The quantitative estimate of drug-likeness (QED) is 0.377. The molecule has 3 heterocycles. The van der Waals surface area contributed by atoms with E-state index in [-0.39, 0.29) is 5.56 Å². The molecule has 2 N–H and O–H groups in total. The molecule has 5 rings (SSSR count). The highest BCUT2D eigenvalue weighted by molar-refractivity contribution is 7.45. The SMILES string of the molecule is COc1cc2cnn(Cc3ccc4ccccc4c3)c(=O)c2c(N2CCC(CCP(O)O)CC2)n1. The number of aromatic nitrogens is 3. The van der Waals surface area contributed by atoms with E-state index in [1.54, 1.807) is 19.4 Å². The minimum atomic E-state index is -1.84. The van der Waals surface area contributed by atoms with Crippen LogP contribution in [0.1, 0.15) is 24.8 Å². The van der Waals surface area contributed by atoms with Crippen LogP contribution >= 0.6 is 8.38 Å². The van der Waals surface area contributed by atoms with Gasteiger partial charge >= 0.3 is 0 Å². The second-order valence-electron chi connectivity index (χ2n) is 9.06. The zero-order valence-electron chi connectivity index (χ0n) is 19.7. The molecule has 0 radical (unpaired) electrons. The van der Waals surface area contributed by atoms with E-state index in [2.05, 4.69) is 39.2 Å². The fourth-order valence-corrected chi connectivity index (χ4v) is 5.44. The third-order valence-corrected chi connectivity index (χ3v) is 7.46. The van der Waals surface area contributed by atoms with Gasteiger partial charge in [0.25, 0.3) is 5.56 Å². The van der Waals surface area contributed by atoms with E-state index < -0.39 is 8.38 Å². The molecule has 0 bridgehead atoms. The second-order valence-corrected chi connectivity index (χ2v) is 10.2. The van der Waals surface area contributed by atoms with Crippen LogP contribution in [0.15, 0.2) is 59.5 Å². The lowest BCUT2D eigenvalue weighted by atomic mass is 9.94. The highest BCUT2D eigenvalue weighted by Crippen LogP contribution is 2.33. The first-order chi connectivity index (χ1) is 17.0. The molecule has 0 saturated carbocycles. The molecule has 2 aromatic heterocycles. The minimum absolute atomic E-state index is 0.172. The van der Waals surface area contributed by atoms with Crippen molar-refractivity contribution in [3.8, 4) is 5.88 Å². The van der Waals surface area contributed by atoms with Crippen molar-refractivity contribution in [1.29, 1.82) is 0 Å². The Morgan fingerprint density at radius 3 is 2.57 bits per heavy atom. The summed E-state index contributed by atoms with van der Waals surface area (Å²) in [6.45, 7) is 1.88. The van der Waals surface area contributed by atoms with E-state index in [0.29, 0.717) is 41.1 Å². The number of methoxy groups -OCH3 is 1. The smallest absolute Gasteiger partial charge is 0.278 e. The van der Waals surface area contributed by atoms with E-state index in [0.717, 1.165) is 48.7 Å². The number of ether oxygens (including phenoxy) is 1. The van der Waals surface area contributed by atoms with Gasteiger partial charge < -0.3 is 19.4 Å². The molecule has 0 atom stereocenters. The zero-order chi connectivity index (χ0) is 24.4. The molecule has 1 saturated heterocycles. The van der Waals surface area contributed by atoms with Crippen molar-refractivity contribution >= 4 is 35.7 Å². The summed E-state index contributed by atoms with van der Waals surface area (Å²) in [7, 11) is -0.273. The molecule has 9 heteroatoms. The van der Waals surface area contributed by atoms with Crippen LogP contribution in [0.2, 0.25) is 0 Å². The van der Waals surface area contributed by atoms with Crippen LogP contribution in [0.5, 0.6) is 5.88 Å². The highest BCUT2D eigenvalue weighted by Gasteiger charge is 2.24. The summed E-state index contributed by atoms with van der Waals surface area (Å²) in [5.74, 6) is 1.52. The first-order valence-corrected chi connectivity index (χ1v) is 13.3. The van der Waals surface area contributed by atoms with Gasteiger partial charge in [0.05, 0.1) is 25.2 Å². The number of fused-ring (bicyclic) bond motifs is 2. The van der Waals surface area contributed by atoms with Crippen molar-refractivity contribution in [3.63, 3.8) is 0 Å². The molecule has 1 aliphatic heterocycles. The van der Waals surface area contributed by atoms with Gasteiger partial charge in [0.2, 0.25) is 5.88 Å². The molecule has 0 unspecified atom stereocenters. The van der Waals surface area contributed by atoms with Crippen molar-refractivity contribution in [2.45, 2.75) is 25.8 Å². The fourth-order valence-electron chi connectivity index (χ4n) is 4.85. The number of hydrogen-bond acceptors (Lipinski definition) is 7. The lowest BCUT2D eigenvalue weighted by Crippen LogP contribution is -2.36. The number of nitrogens with zero attached hydrogens (tertiary/aromatic N) is 4. The highest BCUT2D eigenvalue weighted by atomic mass is 31.2. The molecule has 1 fully saturated rings. The maximum atomic E-state index is 13.6. The standard InChI is InChI=1S/C26H29N4O4P/c1-34-23-15-22-16-27-30(17-19-6-7-20-4-2-3-5-21(20)14-19)26(31)24(22)25(28-23)29-11-8-18(9-12-29)10-13-35(32)33/h2-7,14-16,18,32-33H,8-13,17H2,1H3. The van der Waals surface area contributed by atoms with E-state index >= 15 is 0 Å². The van der Waals surface area contributed by atoms with Gasteiger partial charge in [0, 0.05) is 30.7 Å². The summed E-state index contributed by atoms with van der Waals surface area (Å²) in [5, 5.41) is 8.00. The molecular formula is C26H29N4O4P. The van der Waals surface area contributed by atoms with Gasteiger partial charge in [0.1, 0.15) is 5.82 Å². The van der Waals surface area contributed by atoms with Gasteiger partial charge in [-0.2, -0.15) is 10.1 Å². The van der Waals surface area contributed by atoms with E-state index in [9.17, 15) is 14.6 Å². The average molecular weight is 493 g/mol. The number of anilines is 1. The van der Waals surface area contributed by atoms with Gasteiger partial charge in [-0.25, -0.2) is 4.68 Å². The largest absolute Gasteiger partial charge is 0.481 e. The van der Waals surface area contributed by atoms with E-state index in [4.69, 9.17) is 4.74 Å². The Labute approximate surface area is 204 Å². The van der Waals surface area contributed by atoms with Crippen LogP contribution in [0.3, 0.4) is 0 Å². The zero-order valence-corrected chi connectivity index (χ0v) is 20.6. The van der Waals surface area contributed by atoms with E-state index in [1.165, 1.54) is 4.68 Å². The third kappa shape index (κ3) is 5.15. The van der Waals surface area contributed by atoms with Crippen LogP contribution in [0.25, 0.3) is 21.5 Å². The van der Waals surface area contributed by atoms with Crippen LogP contribution in [0, 0.1) is 5.92 Å². The summed E-state index contributed by atoms with van der Waals surface area (Å²) in [6.07, 6.45) is 4.80. The summed E-state index contributed by atoms with van der Waals surface area (Å²) in [5.41, 5.74) is 0.836. The molecule has 0 spiro atoms. The predicted octanol–water partition coefficient (Wildman–Crippen LogP) is 3.90. The van der Waals surface area contributed by atoms with Crippen molar-refractivity contribution < 1.29 is 14.5 Å². The van der Waals surface area contributed by atoms with Crippen molar-refractivity contribution in [1.82, 2.24) is 14.8 Å². The molecule has 35 heavy (non-hydrogen) atoms. The number of benzene rings is 2. The molecule has 4 aromatic rings. The summed E-state index contributed by atoms with van der Waals surface area (Å²) < 4.78 is 6.92. The Bertz CT molecular complexity index is 1400. The van der Waals surface area contributed by atoms with Gasteiger partial charge in [-0.3, -0.25) is 4.79 Å². The molecule has 0 amide bonds. The van der Waals surface area contributed by atoms with Crippen molar-refractivity contribution in [2.75, 3.05) is 31.3 Å². The molecule has 2 aromatic carbocycles. The van der Waals surface area contributed by atoms with Crippen LogP contribution < -0.4 is 15.2 Å². The van der Waals surface area contributed by atoms with Crippen LogP contribution in [-0.4, -0.2) is 50.9 Å². The maximum Gasteiger partial charge on any atom is 0.278 e. The third-order valence-electron chi connectivity index (χ3n) is 6.80. The number of piperidine rings is 1. The van der Waals surface area contributed by atoms with E-state index in [1.807, 2.05) is 18.2 Å².